The Kier molecular flexibility index (Phi) is 4.63. The molecule has 0 radical (unpaired) electrons. The minimum Gasteiger partial charge on any atom is -0.465 e. The summed E-state index contributed by atoms with van der Waals surface area (Å²) in [4.78, 5) is 11.9. The zero-order chi connectivity index (χ0) is 14.5. The summed E-state index contributed by atoms with van der Waals surface area (Å²) in [7, 11) is 1.27. The van der Waals surface area contributed by atoms with Gasteiger partial charge in [-0.25, -0.2) is 9.18 Å². The van der Waals surface area contributed by atoms with Crippen LogP contribution in [0.4, 0.5) is 10.1 Å². The second-order valence-corrected chi connectivity index (χ2v) is 5.15. The van der Waals surface area contributed by atoms with Crippen molar-refractivity contribution in [2.24, 2.45) is 0 Å². The first-order chi connectivity index (χ1) is 9.61. The van der Waals surface area contributed by atoms with Gasteiger partial charge in [-0.3, -0.25) is 0 Å². The molecule has 0 atom stereocenters. The molecule has 5 heteroatoms. The van der Waals surface area contributed by atoms with Gasteiger partial charge in [-0.05, 0) is 17.7 Å². The van der Waals surface area contributed by atoms with Gasteiger partial charge in [0.15, 0.2) is 0 Å². The number of halogens is 1. The highest BCUT2D eigenvalue weighted by Gasteiger charge is 2.15. The van der Waals surface area contributed by atoms with Crippen LogP contribution in [0, 0.1) is 5.82 Å². The normalized spacial score (nSPS) is 10.3. The molecule has 2 aromatic carbocycles. The maximum atomic E-state index is 13.8. The van der Waals surface area contributed by atoms with Crippen LogP contribution in [0.1, 0.15) is 15.9 Å². The number of nitrogens with two attached hydrogens (primary N) is 1. The quantitative estimate of drug-likeness (QED) is 0.532. The van der Waals surface area contributed by atoms with Crippen LogP contribution in [-0.2, 0) is 10.5 Å². The molecule has 20 heavy (non-hydrogen) atoms. The van der Waals surface area contributed by atoms with Crippen molar-refractivity contribution in [2.45, 2.75) is 10.6 Å². The number of ether oxygens (including phenoxy) is 1. The molecule has 0 aromatic heterocycles. The Labute approximate surface area is 120 Å². The number of carbonyl (C=O) groups excluding carboxylic acids is 1. The summed E-state index contributed by atoms with van der Waals surface area (Å²) in [5.74, 6) is -0.386. The lowest BCUT2D eigenvalue weighted by Crippen LogP contribution is -2.06. The molecule has 0 heterocycles. The maximum absolute atomic E-state index is 13.8. The van der Waals surface area contributed by atoms with Gasteiger partial charge in [-0.2, -0.15) is 0 Å². The number of esters is 1. The Morgan fingerprint density at radius 2 is 2.00 bits per heavy atom. The van der Waals surface area contributed by atoms with Crippen LogP contribution in [0.2, 0.25) is 0 Å². The summed E-state index contributed by atoms with van der Waals surface area (Å²) in [6, 6.07) is 12.3. The smallest absolute Gasteiger partial charge is 0.339 e. The molecule has 0 aliphatic carbocycles. The maximum Gasteiger partial charge on any atom is 0.339 e. The molecule has 0 aliphatic heterocycles. The SMILES string of the molecule is COC(=O)c1cc(SCc2ccccc2)c(F)cc1N. The monoisotopic (exact) mass is 291 g/mol. The van der Waals surface area contributed by atoms with E-state index >= 15 is 0 Å². The number of benzene rings is 2. The van der Waals surface area contributed by atoms with Gasteiger partial charge in [0.25, 0.3) is 0 Å². The predicted octanol–water partition coefficient (Wildman–Crippen LogP) is 3.49. The molecular formula is C15H14FNO2S. The first-order valence-electron chi connectivity index (χ1n) is 5.96. The molecule has 2 aromatic rings. The van der Waals surface area contributed by atoms with Gasteiger partial charge in [0.2, 0.25) is 0 Å². The molecule has 2 N–H and O–H groups in total. The second-order valence-electron chi connectivity index (χ2n) is 4.14. The summed E-state index contributed by atoms with van der Waals surface area (Å²) >= 11 is 1.31. The molecule has 0 unspecified atom stereocenters. The van der Waals surface area contributed by atoms with Crippen LogP contribution in [0.15, 0.2) is 47.4 Å². The van der Waals surface area contributed by atoms with Crippen molar-refractivity contribution in [3.8, 4) is 0 Å². The van der Waals surface area contributed by atoms with E-state index in [0.717, 1.165) is 11.6 Å². The van der Waals surface area contributed by atoms with Crippen molar-refractivity contribution in [3.05, 3.63) is 59.4 Å². The summed E-state index contributed by atoms with van der Waals surface area (Å²) < 4.78 is 18.5. The highest BCUT2D eigenvalue weighted by molar-refractivity contribution is 7.98. The first-order valence-corrected chi connectivity index (χ1v) is 6.94. The van der Waals surface area contributed by atoms with Crippen molar-refractivity contribution in [2.75, 3.05) is 12.8 Å². The lowest BCUT2D eigenvalue weighted by Gasteiger charge is -2.08. The van der Waals surface area contributed by atoms with Crippen molar-refractivity contribution < 1.29 is 13.9 Å². The molecule has 104 valence electrons. The highest BCUT2D eigenvalue weighted by Crippen LogP contribution is 2.29. The molecular weight excluding hydrogens is 277 g/mol. The Morgan fingerprint density at radius 1 is 1.30 bits per heavy atom. The van der Waals surface area contributed by atoms with Crippen LogP contribution in [0.25, 0.3) is 0 Å². The number of hydrogen-bond donors (Lipinski definition) is 1. The molecule has 0 bridgehead atoms. The third-order valence-electron chi connectivity index (χ3n) is 2.75. The molecule has 3 nitrogen and oxygen atoms in total. The average molecular weight is 291 g/mol. The fourth-order valence-electron chi connectivity index (χ4n) is 1.70. The highest BCUT2D eigenvalue weighted by atomic mass is 32.2. The first kappa shape index (κ1) is 14.4. The number of nitrogen functional groups attached to an aromatic ring is 1. The second kappa shape index (κ2) is 6.43. The summed E-state index contributed by atoms with van der Waals surface area (Å²) in [5.41, 5.74) is 6.97. The van der Waals surface area contributed by atoms with E-state index in [0.29, 0.717) is 10.6 Å². The van der Waals surface area contributed by atoms with Crippen LogP contribution < -0.4 is 5.73 Å². The van der Waals surface area contributed by atoms with E-state index in [2.05, 4.69) is 4.74 Å². The van der Waals surface area contributed by atoms with E-state index in [1.54, 1.807) is 0 Å². The Hall–Kier alpha value is -2.01. The van der Waals surface area contributed by atoms with Gasteiger partial charge in [-0.15, -0.1) is 11.8 Å². The van der Waals surface area contributed by atoms with Gasteiger partial charge in [-0.1, -0.05) is 30.3 Å². The third-order valence-corrected chi connectivity index (χ3v) is 3.85. The fraction of sp³-hybridized carbons (Fsp3) is 0.133. The van der Waals surface area contributed by atoms with E-state index in [1.807, 2.05) is 30.3 Å². The molecule has 0 aliphatic rings. The topological polar surface area (TPSA) is 52.3 Å². The average Bonchev–Trinajstić information content (AvgIpc) is 2.46. The number of methoxy groups -OCH3 is 1. The molecule has 0 amide bonds. The van der Waals surface area contributed by atoms with Crippen molar-refractivity contribution >= 4 is 23.4 Å². The van der Waals surface area contributed by atoms with E-state index in [-0.39, 0.29) is 11.3 Å². The molecule has 0 saturated carbocycles. The van der Waals surface area contributed by atoms with Crippen LogP contribution >= 0.6 is 11.8 Å². The van der Waals surface area contributed by atoms with Gasteiger partial charge < -0.3 is 10.5 Å². The molecule has 0 fully saturated rings. The Balaban J connectivity index is 2.21. The number of thioether (sulfide) groups is 1. The predicted molar refractivity (Wildman–Crippen MR) is 78.2 cm³/mol. The van der Waals surface area contributed by atoms with Crippen LogP contribution in [0.3, 0.4) is 0 Å². The molecule has 0 saturated heterocycles. The van der Waals surface area contributed by atoms with Crippen molar-refractivity contribution in [3.63, 3.8) is 0 Å². The zero-order valence-electron chi connectivity index (χ0n) is 10.9. The Morgan fingerprint density at radius 3 is 2.65 bits per heavy atom. The molecule has 0 spiro atoms. The number of anilines is 1. The lowest BCUT2D eigenvalue weighted by atomic mass is 10.2. The Bertz CT molecular complexity index is 617. The summed E-state index contributed by atoms with van der Waals surface area (Å²) in [5, 5.41) is 0. The van der Waals surface area contributed by atoms with Gasteiger partial charge in [0.1, 0.15) is 5.82 Å². The molecule has 2 rings (SSSR count). The van der Waals surface area contributed by atoms with Gasteiger partial charge >= 0.3 is 5.97 Å². The van der Waals surface area contributed by atoms with E-state index in [9.17, 15) is 9.18 Å². The number of rotatable bonds is 4. The van der Waals surface area contributed by atoms with Crippen molar-refractivity contribution in [1.29, 1.82) is 0 Å². The van der Waals surface area contributed by atoms with E-state index in [1.165, 1.54) is 24.9 Å². The third kappa shape index (κ3) is 3.30. The van der Waals surface area contributed by atoms with Crippen molar-refractivity contribution in [1.82, 2.24) is 0 Å². The van der Waals surface area contributed by atoms with Gasteiger partial charge in [0, 0.05) is 16.3 Å². The van der Waals surface area contributed by atoms with E-state index in [4.69, 9.17) is 5.73 Å². The van der Waals surface area contributed by atoms with Gasteiger partial charge in [0.05, 0.1) is 12.7 Å². The fourth-order valence-corrected chi connectivity index (χ4v) is 2.61. The minimum atomic E-state index is -0.566. The lowest BCUT2D eigenvalue weighted by molar-refractivity contribution is 0.0601. The standard InChI is InChI=1S/C15H14FNO2S/c1-19-15(18)11-7-14(12(16)8-13(11)17)20-9-10-5-3-2-4-6-10/h2-8H,9,17H2,1H3. The van der Waals surface area contributed by atoms with Crippen LogP contribution in [-0.4, -0.2) is 13.1 Å². The number of hydrogen-bond acceptors (Lipinski definition) is 4. The summed E-state index contributed by atoms with van der Waals surface area (Å²) in [6.45, 7) is 0. The largest absolute Gasteiger partial charge is 0.465 e. The zero-order valence-corrected chi connectivity index (χ0v) is 11.7. The summed E-state index contributed by atoms with van der Waals surface area (Å²) in [6.07, 6.45) is 0. The number of carbonyl (C=O) groups is 1. The van der Waals surface area contributed by atoms with E-state index < -0.39 is 11.8 Å². The van der Waals surface area contributed by atoms with Crippen LogP contribution in [0.5, 0.6) is 0 Å². The minimum absolute atomic E-state index is 0.0819.